The van der Waals surface area contributed by atoms with Crippen LogP contribution in [-0.2, 0) is 0 Å². The van der Waals surface area contributed by atoms with Gasteiger partial charge in [0.25, 0.3) is 0 Å². The van der Waals surface area contributed by atoms with E-state index in [1.807, 2.05) is 0 Å². The minimum absolute atomic E-state index is 0.467. The number of hydrogen-bond donors (Lipinski definition) is 1. The third kappa shape index (κ3) is 12.0. The normalized spacial score (nSPS) is 12.9. The molecule has 1 N–H and O–H groups in total. The highest BCUT2D eigenvalue weighted by molar-refractivity contribution is 4.67. The second-order valence-electron chi connectivity index (χ2n) is 4.87. The van der Waals surface area contributed by atoms with Gasteiger partial charge in [-0.1, -0.05) is 71.6 Å². The monoisotopic (exact) mass is 226 g/mol. The van der Waals surface area contributed by atoms with Gasteiger partial charge in [-0.2, -0.15) is 0 Å². The summed E-state index contributed by atoms with van der Waals surface area (Å²) in [5, 5.41) is 3.36. The van der Waals surface area contributed by atoms with Crippen molar-refractivity contribution >= 4 is 0 Å². The SMILES string of the molecule is [CH2]C(CCCCCCCCCCC)NCC. The van der Waals surface area contributed by atoms with Crippen LogP contribution in [0.5, 0.6) is 0 Å². The lowest BCUT2D eigenvalue weighted by molar-refractivity contribution is 0.510. The van der Waals surface area contributed by atoms with Gasteiger partial charge >= 0.3 is 0 Å². The molecule has 0 bridgehead atoms. The first-order chi connectivity index (χ1) is 7.81. The molecule has 0 rings (SSSR count). The van der Waals surface area contributed by atoms with Crippen molar-refractivity contribution in [1.82, 2.24) is 5.32 Å². The van der Waals surface area contributed by atoms with Gasteiger partial charge in [-0.05, 0) is 19.9 Å². The van der Waals surface area contributed by atoms with Gasteiger partial charge in [0.2, 0.25) is 0 Å². The van der Waals surface area contributed by atoms with Crippen LogP contribution in [-0.4, -0.2) is 12.6 Å². The zero-order chi connectivity index (χ0) is 12.1. The average Bonchev–Trinajstić information content (AvgIpc) is 2.27. The Labute approximate surface area is 103 Å². The van der Waals surface area contributed by atoms with Crippen LogP contribution in [0.4, 0.5) is 0 Å². The predicted octanol–water partition coefficient (Wildman–Crippen LogP) is 4.72. The Hall–Kier alpha value is -0.0400. The van der Waals surface area contributed by atoms with Crippen molar-refractivity contribution in [2.45, 2.75) is 84.1 Å². The Kier molecular flexibility index (Phi) is 13.0. The molecule has 0 saturated carbocycles. The van der Waals surface area contributed by atoms with Crippen molar-refractivity contribution in [3.63, 3.8) is 0 Å². The van der Waals surface area contributed by atoms with E-state index in [2.05, 4.69) is 26.1 Å². The lowest BCUT2D eigenvalue weighted by Gasteiger charge is -2.11. The summed E-state index contributed by atoms with van der Waals surface area (Å²) >= 11 is 0. The molecule has 1 heteroatoms. The molecule has 1 radical (unpaired) electrons. The van der Waals surface area contributed by atoms with E-state index < -0.39 is 0 Å². The van der Waals surface area contributed by atoms with Gasteiger partial charge in [-0.3, -0.25) is 0 Å². The van der Waals surface area contributed by atoms with Gasteiger partial charge in [-0.15, -0.1) is 0 Å². The molecule has 0 heterocycles. The van der Waals surface area contributed by atoms with E-state index >= 15 is 0 Å². The van der Waals surface area contributed by atoms with Gasteiger partial charge in [0.05, 0.1) is 0 Å². The van der Waals surface area contributed by atoms with Gasteiger partial charge in [-0.25, -0.2) is 0 Å². The van der Waals surface area contributed by atoms with Crippen LogP contribution in [0.1, 0.15) is 78.1 Å². The quantitative estimate of drug-likeness (QED) is 0.475. The minimum atomic E-state index is 0.467. The molecule has 0 aliphatic heterocycles. The summed E-state index contributed by atoms with van der Waals surface area (Å²) in [6.07, 6.45) is 14.0. The summed E-state index contributed by atoms with van der Waals surface area (Å²) in [7, 11) is 0. The highest BCUT2D eigenvalue weighted by Crippen LogP contribution is 2.11. The van der Waals surface area contributed by atoms with E-state index in [1.165, 1.54) is 64.2 Å². The molecule has 16 heavy (non-hydrogen) atoms. The zero-order valence-corrected chi connectivity index (χ0v) is 11.6. The smallest absolute Gasteiger partial charge is 0.00675 e. The summed E-state index contributed by atoms with van der Waals surface area (Å²) in [4.78, 5) is 0. The maximum Gasteiger partial charge on any atom is 0.00675 e. The zero-order valence-electron chi connectivity index (χ0n) is 11.6. The fourth-order valence-electron chi connectivity index (χ4n) is 2.09. The number of nitrogens with one attached hydrogen (secondary N) is 1. The maximum atomic E-state index is 4.08. The fourth-order valence-corrected chi connectivity index (χ4v) is 2.09. The van der Waals surface area contributed by atoms with E-state index in [0.717, 1.165) is 6.54 Å². The number of hydrogen-bond acceptors (Lipinski definition) is 1. The van der Waals surface area contributed by atoms with Gasteiger partial charge in [0, 0.05) is 6.04 Å². The van der Waals surface area contributed by atoms with Crippen LogP contribution in [0.2, 0.25) is 0 Å². The van der Waals surface area contributed by atoms with Crippen molar-refractivity contribution in [2.75, 3.05) is 6.54 Å². The summed E-state index contributed by atoms with van der Waals surface area (Å²) < 4.78 is 0. The summed E-state index contributed by atoms with van der Waals surface area (Å²) in [5.74, 6) is 0. The van der Waals surface area contributed by atoms with Gasteiger partial charge < -0.3 is 5.32 Å². The highest BCUT2D eigenvalue weighted by atomic mass is 14.9. The molecular formula is C15H32N. The average molecular weight is 226 g/mol. The molecule has 0 aromatic heterocycles. The molecule has 1 atom stereocenters. The van der Waals surface area contributed by atoms with Gasteiger partial charge in [0.15, 0.2) is 0 Å². The number of rotatable bonds is 12. The topological polar surface area (TPSA) is 12.0 Å². The Morgan fingerprint density at radius 3 is 1.81 bits per heavy atom. The van der Waals surface area contributed by atoms with Gasteiger partial charge in [0.1, 0.15) is 0 Å². The molecule has 0 aromatic rings. The largest absolute Gasteiger partial charge is 0.314 e. The van der Waals surface area contributed by atoms with E-state index in [-0.39, 0.29) is 0 Å². The Balaban J connectivity index is 2.98. The second-order valence-corrected chi connectivity index (χ2v) is 4.87. The van der Waals surface area contributed by atoms with E-state index in [9.17, 15) is 0 Å². The van der Waals surface area contributed by atoms with E-state index in [1.54, 1.807) is 0 Å². The van der Waals surface area contributed by atoms with Crippen LogP contribution in [0, 0.1) is 6.92 Å². The van der Waals surface area contributed by atoms with E-state index in [4.69, 9.17) is 0 Å². The Bertz CT molecular complexity index is 123. The Morgan fingerprint density at radius 2 is 1.31 bits per heavy atom. The molecule has 1 nitrogen and oxygen atoms in total. The first-order valence-corrected chi connectivity index (χ1v) is 7.37. The number of unbranched alkanes of at least 4 members (excludes halogenated alkanes) is 8. The van der Waals surface area contributed by atoms with Crippen LogP contribution in [0.15, 0.2) is 0 Å². The second kappa shape index (κ2) is 13.0. The fraction of sp³-hybridized carbons (Fsp3) is 0.933. The molecule has 0 aromatic carbocycles. The molecule has 1 unspecified atom stereocenters. The van der Waals surface area contributed by atoms with Crippen LogP contribution in [0.3, 0.4) is 0 Å². The molecule has 0 saturated heterocycles. The van der Waals surface area contributed by atoms with Crippen molar-refractivity contribution in [3.8, 4) is 0 Å². The summed E-state index contributed by atoms with van der Waals surface area (Å²) in [6, 6.07) is 0.467. The third-order valence-electron chi connectivity index (χ3n) is 3.15. The summed E-state index contributed by atoms with van der Waals surface area (Å²) in [5.41, 5.74) is 0. The van der Waals surface area contributed by atoms with Crippen LogP contribution >= 0.6 is 0 Å². The van der Waals surface area contributed by atoms with Crippen LogP contribution < -0.4 is 5.32 Å². The molecule has 0 spiro atoms. The minimum Gasteiger partial charge on any atom is -0.314 e. The lowest BCUT2D eigenvalue weighted by atomic mass is 10.0. The molecule has 0 aliphatic rings. The first-order valence-electron chi connectivity index (χ1n) is 7.37. The van der Waals surface area contributed by atoms with Crippen molar-refractivity contribution < 1.29 is 0 Å². The molecule has 0 fully saturated rings. The molecule has 0 aliphatic carbocycles. The molecule has 97 valence electrons. The lowest BCUT2D eigenvalue weighted by Crippen LogP contribution is -2.25. The maximum absolute atomic E-state index is 4.08. The third-order valence-corrected chi connectivity index (χ3v) is 3.15. The highest BCUT2D eigenvalue weighted by Gasteiger charge is 1.98. The van der Waals surface area contributed by atoms with Crippen molar-refractivity contribution in [2.24, 2.45) is 0 Å². The van der Waals surface area contributed by atoms with Crippen molar-refractivity contribution in [1.29, 1.82) is 0 Å². The van der Waals surface area contributed by atoms with Crippen LogP contribution in [0.25, 0.3) is 0 Å². The summed E-state index contributed by atoms with van der Waals surface area (Å²) in [6.45, 7) is 9.56. The molecule has 0 amide bonds. The van der Waals surface area contributed by atoms with E-state index in [0.29, 0.717) is 6.04 Å². The molecular weight excluding hydrogens is 194 g/mol. The Morgan fingerprint density at radius 1 is 0.812 bits per heavy atom. The first kappa shape index (κ1) is 16.0. The van der Waals surface area contributed by atoms with Crippen molar-refractivity contribution in [3.05, 3.63) is 6.92 Å². The predicted molar refractivity (Wildman–Crippen MR) is 74.7 cm³/mol. The standard InChI is InChI=1S/C15H32N/c1-4-6-7-8-9-10-11-12-13-14-15(3)16-5-2/h15-16H,3-14H2,1-2H3.